The molecule has 13 heteroatoms. The summed E-state index contributed by atoms with van der Waals surface area (Å²) < 4.78 is 80.1. The Morgan fingerprint density at radius 1 is 0.868 bits per heavy atom. The number of carbonyl (C=O) groups is 1. The van der Waals surface area contributed by atoms with Crippen LogP contribution in [0.25, 0.3) is 10.9 Å². The Labute approximate surface area is 218 Å². The lowest BCUT2D eigenvalue weighted by atomic mass is 10.1. The molecule has 2 aliphatic rings. The summed E-state index contributed by atoms with van der Waals surface area (Å²) in [4.78, 5) is 25.5. The van der Waals surface area contributed by atoms with Crippen molar-refractivity contribution in [1.29, 1.82) is 0 Å². The molecule has 2 aromatic carbocycles. The Morgan fingerprint density at radius 3 is 2.18 bits per heavy atom. The molecule has 2 saturated heterocycles. The Bertz CT molecular complexity index is 1330. The van der Waals surface area contributed by atoms with E-state index in [0.29, 0.717) is 62.3 Å². The Hall–Kier alpha value is -3.12. The van der Waals surface area contributed by atoms with Crippen LogP contribution in [0.2, 0.25) is 5.02 Å². The van der Waals surface area contributed by atoms with Gasteiger partial charge in [0.25, 0.3) is 5.91 Å². The zero-order valence-corrected chi connectivity index (χ0v) is 20.6. The molecule has 0 unspecified atom stereocenters. The molecule has 1 atom stereocenters. The number of alkyl halides is 6. The molecule has 1 amide bonds. The van der Waals surface area contributed by atoms with Crippen LogP contribution in [-0.2, 0) is 12.4 Å². The molecule has 38 heavy (non-hydrogen) atoms. The minimum atomic E-state index is -4.91. The van der Waals surface area contributed by atoms with E-state index in [1.165, 1.54) is 0 Å². The van der Waals surface area contributed by atoms with Crippen molar-refractivity contribution in [3.8, 4) is 0 Å². The molecule has 3 heterocycles. The smallest absolute Gasteiger partial charge is 0.354 e. The fourth-order valence-corrected chi connectivity index (χ4v) is 5.08. The summed E-state index contributed by atoms with van der Waals surface area (Å²) in [5.41, 5.74) is -0.942. The standard InChI is InChI=1S/C25H22ClF6N5O/c26-17-4-1-15(2-5-17)22(38)36-11-9-35(10-12-36)18-7-8-37(14-18)21-19-6-3-16(24(27,28)29)13-20(19)33-23(34-21)25(30,31)32/h1-6,13,18H,7-12,14H2/t18-/m0/s1. The first-order valence-corrected chi connectivity index (χ1v) is 12.3. The predicted octanol–water partition coefficient (Wildman–Crippen LogP) is 5.36. The Morgan fingerprint density at radius 2 is 1.55 bits per heavy atom. The van der Waals surface area contributed by atoms with Crippen molar-refractivity contribution in [2.75, 3.05) is 44.2 Å². The van der Waals surface area contributed by atoms with Crippen LogP contribution in [0, 0.1) is 0 Å². The molecule has 0 radical (unpaired) electrons. The summed E-state index contributed by atoms with van der Waals surface area (Å²) in [6, 6.07) is 9.23. The highest BCUT2D eigenvalue weighted by molar-refractivity contribution is 6.30. The van der Waals surface area contributed by atoms with Crippen LogP contribution in [-0.4, -0.2) is 71.0 Å². The summed E-state index contributed by atoms with van der Waals surface area (Å²) in [5, 5.41) is 0.668. The molecule has 0 aliphatic carbocycles. The molecular weight excluding hydrogens is 536 g/mol. The monoisotopic (exact) mass is 557 g/mol. The SMILES string of the molecule is O=C(c1ccc(Cl)cc1)N1CCN([C@H]2CCN(c3nc(C(F)(F)F)nc4cc(C(F)(F)F)ccc34)C2)CC1. The van der Waals surface area contributed by atoms with Gasteiger partial charge in [0.2, 0.25) is 5.82 Å². The zero-order chi connectivity index (χ0) is 27.2. The first-order valence-electron chi connectivity index (χ1n) is 11.9. The van der Waals surface area contributed by atoms with Gasteiger partial charge in [-0.05, 0) is 48.9 Å². The van der Waals surface area contributed by atoms with E-state index in [4.69, 9.17) is 11.6 Å². The number of nitrogens with zero attached hydrogens (tertiary/aromatic N) is 5. The average molecular weight is 558 g/mol. The van der Waals surface area contributed by atoms with E-state index in [0.717, 1.165) is 12.1 Å². The van der Waals surface area contributed by atoms with Crippen LogP contribution >= 0.6 is 11.6 Å². The Balaban J connectivity index is 1.32. The van der Waals surface area contributed by atoms with E-state index in [1.807, 2.05) is 0 Å². The fraction of sp³-hybridized carbons (Fsp3) is 0.400. The van der Waals surface area contributed by atoms with Gasteiger partial charge < -0.3 is 9.80 Å². The number of anilines is 1. The van der Waals surface area contributed by atoms with E-state index in [-0.39, 0.29) is 23.2 Å². The van der Waals surface area contributed by atoms with Gasteiger partial charge in [0.1, 0.15) is 5.82 Å². The van der Waals surface area contributed by atoms with Crippen molar-refractivity contribution in [3.63, 3.8) is 0 Å². The number of amides is 1. The number of piperazine rings is 1. The number of benzene rings is 2. The highest BCUT2D eigenvalue weighted by Crippen LogP contribution is 2.37. The van der Waals surface area contributed by atoms with Gasteiger partial charge in [0, 0.05) is 61.3 Å². The predicted molar refractivity (Wildman–Crippen MR) is 129 cm³/mol. The van der Waals surface area contributed by atoms with Crippen molar-refractivity contribution in [1.82, 2.24) is 19.8 Å². The summed E-state index contributed by atoms with van der Waals surface area (Å²) in [7, 11) is 0. The maximum Gasteiger partial charge on any atom is 0.451 e. The van der Waals surface area contributed by atoms with Gasteiger partial charge in [-0.2, -0.15) is 26.3 Å². The van der Waals surface area contributed by atoms with Crippen molar-refractivity contribution in [2.45, 2.75) is 24.8 Å². The minimum absolute atomic E-state index is 0.00316. The number of rotatable bonds is 3. The van der Waals surface area contributed by atoms with Gasteiger partial charge in [0.05, 0.1) is 11.1 Å². The lowest BCUT2D eigenvalue weighted by Gasteiger charge is -2.38. The van der Waals surface area contributed by atoms with Crippen molar-refractivity contribution < 1.29 is 31.1 Å². The number of hydrogen-bond acceptors (Lipinski definition) is 5. The number of carbonyl (C=O) groups excluding carboxylic acids is 1. The second-order valence-corrected chi connectivity index (χ2v) is 9.76. The molecule has 2 fully saturated rings. The van der Waals surface area contributed by atoms with Crippen LogP contribution in [0.5, 0.6) is 0 Å². The van der Waals surface area contributed by atoms with Crippen LogP contribution < -0.4 is 4.90 Å². The molecule has 3 aromatic rings. The van der Waals surface area contributed by atoms with Gasteiger partial charge in [0.15, 0.2) is 0 Å². The summed E-state index contributed by atoms with van der Waals surface area (Å²) in [5.74, 6) is -1.60. The van der Waals surface area contributed by atoms with Crippen LogP contribution in [0.3, 0.4) is 0 Å². The third-order valence-corrected chi connectivity index (χ3v) is 7.18. The molecule has 6 nitrogen and oxygen atoms in total. The van der Waals surface area contributed by atoms with Crippen molar-refractivity contribution in [2.24, 2.45) is 0 Å². The normalized spacial score (nSPS) is 19.4. The van der Waals surface area contributed by atoms with E-state index in [1.54, 1.807) is 34.1 Å². The van der Waals surface area contributed by atoms with E-state index in [2.05, 4.69) is 14.9 Å². The van der Waals surface area contributed by atoms with Gasteiger partial charge in [-0.1, -0.05) is 11.6 Å². The zero-order valence-electron chi connectivity index (χ0n) is 19.9. The van der Waals surface area contributed by atoms with E-state index < -0.39 is 29.3 Å². The Kier molecular flexibility index (Phi) is 6.89. The van der Waals surface area contributed by atoms with Gasteiger partial charge in [-0.3, -0.25) is 9.69 Å². The molecule has 202 valence electrons. The lowest BCUT2D eigenvalue weighted by molar-refractivity contribution is -0.144. The number of fused-ring (bicyclic) bond motifs is 1. The van der Waals surface area contributed by atoms with E-state index >= 15 is 0 Å². The highest BCUT2D eigenvalue weighted by atomic mass is 35.5. The quantitative estimate of drug-likeness (QED) is 0.406. The minimum Gasteiger partial charge on any atom is -0.354 e. The summed E-state index contributed by atoms with van der Waals surface area (Å²) >= 11 is 5.89. The summed E-state index contributed by atoms with van der Waals surface area (Å²) in [6.07, 6.45) is -8.99. The maximum absolute atomic E-state index is 13.5. The topological polar surface area (TPSA) is 52.6 Å². The average Bonchev–Trinajstić information content (AvgIpc) is 3.37. The van der Waals surface area contributed by atoms with Crippen molar-refractivity contribution in [3.05, 3.63) is 64.4 Å². The number of halogens is 7. The maximum atomic E-state index is 13.5. The molecule has 2 aliphatic heterocycles. The highest BCUT2D eigenvalue weighted by Gasteiger charge is 2.38. The molecule has 0 saturated carbocycles. The third-order valence-electron chi connectivity index (χ3n) is 6.93. The summed E-state index contributed by atoms with van der Waals surface area (Å²) in [6.45, 7) is 2.91. The molecule has 0 N–H and O–H groups in total. The van der Waals surface area contributed by atoms with Gasteiger partial charge in [-0.25, -0.2) is 9.97 Å². The van der Waals surface area contributed by atoms with Crippen LogP contribution in [0.15, 0.2) is 42.5 Å². The number of aromatic nitrogens is 2. The lowest BCUT2D eigenvalue weighted by Crippen LogP contribution is -2.52. The number of hydrogen-bond donors (Lipinski definition) is 0. The first kappa shape index (κ1) is 26.5. The van der Waals surface area contributed by atoms with Crippen LogP contribution in [0.4, 0.5) is 32.2 Å². The van der Waals surface area contributed by atoms with E-state index in [9.17, 15) is 31.1 Å². The first-order chi connectivity index (χ1) is 17.9. The molecule has 0 bridgehead atoms. The van der Waals surface area contributed by atoms with Crippen LogP contribution in [0.1, 0.15) is 28.2 Å². The second kappa shape index (κ2) is 9.88. The second-order valence-electron chi connectivity index (χ2n) is 9.32. The third kappa shape index (κ3) is 5.37. The largest absolute Gasteiger partial charge is 0.451 e. The molecule has 5 rings (SSSR count). The molecular formula is C25H22ClF6N5O. The fourth-order valence-electron chi connectivity index (χ4n) is 4.95. The van der Waals surface area contributed by atoms with Gasteiger partial charge in [-0.15, -0.1) is 0 Å². The van der Waals surface area contributed by atoms with Gasteiger partial charge >= 0.3 is 12.4 Å². The molecule has 0 spiro atoms. The van der Waals surface area contributed by atoms with Crippen molar-refractivity contribution >= 4 is 34.2 Å². The molecule has 1 aromatic heterocycles.